The maximum atomic E-state index is 5.32. The van der Waals surface area contributed by atoms with E-state index in [9.17, 15) is 0 Å². The second-order valence-electron chi connectivity index (χ2n) is 3.91. The fourth-order valence-corrected chi connectivity index (χ4v) is 3.02. The van der Waals surface area contributed by atoms with Crippen LogP contribution in [0.3, 0.4) is 0 Å². The first-order chi connectivity index (χ1) is 6.84. The van der Waals surface area contributed by atoms with E-state index in [-0.39, 0.29) is 0 Å². The highest BCUT2D eigenvalue weighted by Gasteiger charge is 2.17. The highest BCUT2D eigenvalue weighted by Crippen LogP contribution is 2.18. The molecule has 0 spiro atoms. The predicted molar refractivity (Wildman–Crippen MR) is 60.7 cm³/mol. The van der Waals surface area contributed by atoms with E-state index in [1.54, 1.807) is 6.26 Å². The van der Waals surface area contributed by atoms with E-state index >= 15 is 0 Å². The third-order valence-electron chi connectivity index (χ3n) is 2.54. The van der Waals surface area contributed by atoms with Gasteiger partial charge in [0.2, 0.25) is 0 Å². The molecular weight excluding hydrogens is 194 g/mol. The Morgan fingerprint density at radius 3 is 3.29 bits per heavy atom. The molecule has 0 amide bonds. The van der Waals surface area contributed by atoms with Crippen LogP contribution in [-0.4, -0.2) is 23.6 Å². The molecule has 0 bridgehead atoms. The van der Waals surface area contributed by atoms with Crippen LogP contribution in [0.15, 0.2) is 22.8 Å². The molecule has 3 heteroatoms. The zero-order valence-corrected chi connectivity index (χ0v) is 9.35. The number of hydrogen-bond donors (Lipinski definition) is 1. The predicted octanol–water partition coefficient (Wildman–Crippen LogP) is 2.31. The largest absolute Gasteiger partial charge is 0.469 e. The Balaban J connectivity index is 1.75. The Bertz CT molecular complexity index is 254. The molecule has 14 heavy (non-hydrogen) atoms. The van der Waals surface area contributed by atoms with Crippen LogP contribution in [0, 0.1) is 0 Å². The number of furan rings is 1. The van der Waals surface area contributed by atoms with Crippen molar-refractivity contribution in [1.82, 2.24) is 5.32 Å². The third-order valence-corrected chi connectivity index (χ3v) is 3.70. The molecule has 2 atom stereocenters. The number of hydrogen-bond acceptors (Lipinski definition) is 3. The minimum absolute atomic E-state index is 0.518. The Labute approximate surface area is 89.4 Å². The molecule has 1 N–H and O–H groups in total. The highest BCUT2D eigenvalue weighted by atomic mass is 32.2. The molecule has 2 nitrogen and oxygen atoms in total. The standard InChI is InChI=1S/C11H17NOS/c1-9(7-11-3-2-5-13-11)12-10-4-6-14-8-10/h2-3,5,9-10,12H,4,6-8H2,1H3. The van der Waals surface area contributed by atoms with Crippen LogP contribution in [0.2, 0.25) is 0 Å². The minimum atomic E-state index is 0.518. The summed E-state index contributed by atoms with van der Waals surface area (Å²) in [7, 11) is 0. The zero-order valence-electron chi connectivity index (χ0n) is 8.53. The van der Waals surface area contributed by atoms with Crippen molar-refractivity contribution < 1.29 is 4.42 Å². The Hall–Kier alpha value is -0.410. The van der Waals surface area contributed by atoms with Gasteiger partial charge >= 0.3 is 0 Å². The molecule has 1 saturated heterocycles. The molecule has 78 valence electrons. The molecule has 0 aromatic carbocycles. The van der Waals surface area contributed by atoms with Gasteiger partial charge in [-0.1, -0.05) is 0 Å². The van der Waals surface area contributed by atoms with Gasteiger partial charge in [0.1, 0.15) is 5.76 Å². The molecule has 1 fully saturated rings. The van der Waals surface area contributed by atoms with E-state index in [0.29, 0.717) is 12.1 Å². The molecule has 1 aromatic heterocycles. The topological polar surface area (TPSA) is 25.2 Å². The van der Waals surface area contributed by atoms with Gasteiger partial charge in [-0.3, -0.25) is 0 Å². The molecule has 1 aliphatic heterocycles. The molecule has 0 saturated carbocycles. The summed E-state index contributed by atoms with van der Waals surface area (Å²) in [4.78, 5) is 0. The zero-order chi connectivity index (χ0) is 9.80. The van der Waals surface area contributed by atoms with Gasteiger partial charge in [-0.25, -0.2) is 0 Å². The lowest BCUT2D eigenvalue weighted by molar-refractivity contribution is 0.426. The van der Waals surface area contributed by atoms with E-state index in [1.807, 2.05) is 23.9 Å². The van der Waals surface area contributed by atoms with E-state index in [0.717, 1.165) is 12.2 Å². The lowest BCUT2D eigenvalue weighted by atomic mass is 10.1. The van der Waals surface area contributed by atoms with E-state index in [1.165, 1.54) is 17.9 Å². The van der Waals surface area contributed by atoms with Crippen LogP contribution in [0.5, 0.6) is 0 Å². The highest BCUT2D eigenvalue weighted by molar-refractivity contribution is 7.99. The number of rotatable bonds is 4. The average molecular weight is 211 g/mol. The molecule has 2 rings (SSSR count). The maximum Gasteiger partial charge on any atom is 0.105 e. The van der Waals surface area contributed by atoms with Gasteiger partial charge in [-0.2, -0.15) is 11.8 Å². The van der Waals surface area contributed by atoms with E-state index in [4.69, 9.17) is 4.42 Å². The Kier molecular flexibility index (Phi) is 3.54. The lowest BCUT2D eigenvalue weighted by Gasteiger charge is -2.17. The van der Waals surface area contributed by atoms with Crippen molar-refractivity contribution in [3.8, 4) is 0 Å². The Morgan fingerprint density at radius 1 is 1.71 bits per heavy atom. The molecule has 2 heterocycles. The normalized spacial score (nSPS) is 23.9. The van der Waals surface area contributed by atoms with Crippen molar-refractivity contribution in [2.75, 3.05) is 11.5 Å². The van der Waals surface area contributed by atoms with Gasteiger partial charge in [0.25, 0.3) is 0 Å². The van der Waals surface area contributed by atoms with Crippen molar-refractivity contribution in [3.63, 3.8) is 0 Å². The first kappa shape index (κ1) is 10.1. The summed E-state index contributed by atoms with van der Waals surface area (Å²) in [6.45, 7) is 2.23. The van der Waals surface area contributed by atoms with Crippen molar-refractivity contribution in [2.45, 2.75) is 31.8 Å². The molecule has 0 radical (unpaired) electrons. The second-order valence-corrected chi connectivity index (χ2v) is 5.06. The maximum absolute atomic E-state index is 5.32. The van der Waals surface area contributed by atoms with Crippen LogP contribution >= 0.6 is 11.8 Å². The minimum Gasteiger partial charge on any atom is -0.469 e. The van der Waals surface area contributed by atoms with E-state index in [2.05, 4.69) is 12.2 Å². The molecule has 2 unspecified atom stereocenters. The molecule has 0 aliphatic carbocycles. The fraction of sp³-hybridized carbons (Fsp3) is 0.636. The van der Waals surface area contributed by atoms with Gasteiger partial charge in [0.15, 0.2) is 0 Å². The van der Waals surface area contributed by atoms with Crippen LogP contribution < -0.4 is 5.32 Å². The monoisotopic (exact) mass is 211 g/mol. The number of thioether (sulfide) groups is 1. The van der Waals surface area contributed by atoms with Gasteiger partial charge in [-0.05, 0) is 31.2 Å². The first-order valence-corrected chi connectivity index (χ1v) is 6.36. The quantitative estimate of drug-likeness (QED) is 0.827. The van der Waals surface area contributed by atoms with Gasteiger partial charge in [0.05, 0.1) is 6.26 Å². The van der Waals surface area contributed by atoms with E-state index < -0.39 is 0 Å². The Morgan fingerprint density at radius 2 is 2.64 bits per heavy atom. The SMILES string of the molecule is CC(Cc1ccco1)NC1CCSC1. The molecular formula is C11H17NOS. The second kappa shape index (κ2) is 4.89. The summed E-state index contributed by atoms with van der Waals surface area (Å²) >= 11 is 2.05. The summed E-state index contributed by atoms with van der Waals surface area (Å²) in [5.74, 6) is 3.66. The van der Waals surface area contributed by atoms with Crippen molar-refractivity contribution in [2.24, 2.45) is 0 Å². The van der Waals surface area contributed by atoms with Crippen LogP contribution in [-0.2, 0) is 6.42 Å². The summed E-state index contributed by atoms with van der Waals surface area (Å²) in [5.41, 5.74) is 0. The average Bonchev–Trinajstić information content (AvgIpc) is 2.76. The van der Waals surface area contributed by atoms with Gasteiger partial charge < -0.3 is 9.73 Å². The summed E-state index contributed by atoms with van der Waals surface area (Å²) in [6, 6.07) is 5.23. The van der Waals surface area contributed by atoms with Crippen LogP contribution in [0.1, 0.15) is 19.1 Å². The van der Waals surface area contributed by atoms with Gasteiger partial charge in [-0.15, -0.1) is 0 Å². The first-order valence-electron chi connectivity index (χ1n) is 5.21. The van der Waals surface area contributed by atoms with Crippen LogP contribution in [0.4, 0.5) is 0 Å². The summed E-state index contributed by atoms with van der Waals surface area (Å²) in [6.07, 6.45) is 4.05. The number of nitrogens with one attached hydrogen (secondary N) is 1. The van der Waals surface area contributed by atoms with Crippen LogP contribution in [0.25, 0.3) is 0 Å². The van der Waals surface area contributed by atoms with Crippen molar-refractivity contribution in [3.05, 3.63) is 24.2 Å². The van der Waals surface area contributed by atoms with Crippen molar-refractivity contribution >= 4 is 11.8 Å². The fourth-order valence-electron chi connectivity index (χ4n) is 1.86. The van der Waals surface area contributed by atoms with Crippen molar-refractivity contribution in [1.29, 1.82) is 0 Å². The smallest absolute Gasteiger partial charge is 0.105 e. The third kappa shape index (κ3) is 2.79. The summed E-state index contributed by atoms with van der Waals surface area (Å²) < 4.78 is 5.32. The van der Waals surface area contributed by atoms with Gasteiger partial charge in [0, 0.05) is 24.3 Å². The molecule has 1 aromatic rings. The summed E-state index contributed by atoms with van der Waals surface area (Å²) in [5, 5.41) is 3.64. The lowest BCUT2D eigenvalue weighted by Crippen LogP contribution is -2.37. The molecule has 1 aliphatic rings.